The number of carbonyl (C=O) groups is 3. The molecule has 1 aromatic rings. The van der Waals surface area contributed by atoms with Crippen LogP contribution in [0.25, 0.3) is 0 Å². The molecule has 2 aliphatic rings. The highest BCUT2D eigenvalue weighted by Gasteiger charge is 2.28. The van der Waals surface area contributed by atoms with E-state index in [1.54, 1.807) is 0 Å². The summed E-state index contributed by atoms with van der Waals surface area (Å²) < 4.78 is 20.0. The second-order valence-corrected chi connectivity index (χ2v) is 8.90. The fraction of sp³-hybridized carbons (Fsp3) is 0.619. The minimum absolute atomic E-state index is 0.200. The van der Waals surface area contributed by atoms with Crippen molar-refractivity contribution in [1.82, 2.24) is 10.3 Å². The number of hydrogen-bond acceptors (Lipinski definition) is 7. The number of rotatable bonds is 5. The summed E-state index contributed by atoms with van der Waals surface area (Å²) in [5, 5.41) is 5.19. The number of aromatic nitrogens is 1. The molecule has 2 N–H and O–H groups in total. The number of piperidine rings is 2. The second kappa shape index (κ2) is 8.97. The van der Waals surface area contributed by atoms with Gasteiger partial charge in [-0.15, -0.1) is 0 Å². The second-order valence-electron chi connectivity index (χ2n) is 8.90. The summed E-state index contributed by atoms with van der Waals surface area (Å²) in [5.74, 6) is -0.908. The highest BCUT2D eigenvalue weighted by molar-refractivity contribution is 6.01. The normalized spacial score (nSPS) is 20.7. The average Bonchev–Trinajstić information content (AvgIpc) is 2.63. The van der Waals surface area contributed by atoms with Gasteiger partial charge in [-0.1, -0.05) is 0 Å². The van der Waals surface area contributed by atoms with Gasteiger partial charge in [-0.05, 0) is 46.0 Å². The fourth-order valence-electron chi connectivity index (χ4n) is 3.74. The number of imide groups is 1. The van der Waals surface area contributed by atoms with E-state index < -0.39 is 23.4 Å². The van der Waals surface area contributed by atoms with Crippen molar-refractivity contribution in [3.63, 3.8) is 0 Å². The molecule has 0 aliphatic carbocycles. The molecule has 2 amide bonds. The molecule has 2 aliphatic heterocycles. The number of carbonyl (C=O) groups excluding carboxylic acids is 3. The largest absolute Gasteiger partial charge is 0.460 e. The van der Waals surface area contributed by atoms with Gasteiger partial charge in [0.1, 0.15) is 11.6 Å². The first kappa shape index (κ1) is 22.0. The maximum Gasteiger partial charge on any atom is 0.306 e. The summed E-state index contributed by atoms with van der Waals surface area (Å²) in [6.07, 6.45) is 3.99. The summed E-state index contributed by atoms with van der Waals surface area (Å²) in [4.78, 5) is 41.2. The molecule has 2 saturated heterocycles. The Morgan fingerprint density at radius 1 is 1.30 bits per heavy atom. The molecule has 8 nitrogen and oxygen atoms in total. The van der Waals surface area contributed by atoms with Crippen LogP contribution in [0.2, 0.25) is 0 Å². The maximum absolute atomic E-state index is 14.7. The highest BCUT2D eigenvalue weighted by Crippen LogP contribution is 2.28. The van der Waals surface area contributed by atoms with E-state index in [0.29, 0.717) is 31.6 Å². The topological polar surface area (TPSA) is 101 Å². The minimum atomic E-state index is -0.585. The third kappa shape index (κ3) is 5.90. The number of anilines is 2. The van der Waals surface area contributed by atoms with Gasteiger partial charge >= 0.3 is 5.97 Å². The highest BCUT2D eigenvalue weighted by atomic mass is 19.1. The Hall–Kier alpha value is -2.71. The van der Waals surface area contributed by atoms with Crippen molar-refractivity contribution in [2.24, 2.45) is 5.92 Å². The van der Waals surface area contributed by atoms with Crippen LogP contribution in [-0.2, 0) is 19.1 Å². The van der Waals surface area contributed by atoms with Gasteiger partial charge < -0.3 is 15.0 Å². The quantitative estimate of drug-likeness (QED) is 0.557. The van der Waals surface area contributed by atoms with Crippen LogP contribution in [0.3, 0.4) is 0 Å². The lowest BCUT2D eigenvalue weighted by molar-refractivity contribution is -0.156. The number of halogens is 1. The zero-order valence-electron chi connectivity index (χ0n) is 17.7. The van der Waals surface area contributed by atoms with Crippen LogP contribution in [0.4, 0.5) is 15.9 Å². The molecule has 0 spiro atoms. The summed E-state index contributed by atoms with van der Waals surface area (Å²) in [6, 6.07) is 0.733. The number of amides is 2. The molecule has 3 rings (SSSR count). The molecule has 3 heterocycles. The van der Waals surface area contributed by atoms with E-state index >= 15 is 0 Å². The molecule has 1 atom stereocenters. The van der Waals surface area contributed by atoms with Crippen molar-refractivity contribution in [3.05, 3.63) is 18.1 Å². The number of nitrogens with zero attached hydrogens (tertiary/aromatic N) is 2. The minimum Gasteiger partial charge on any atom is -0.460 e. The van der Waals surface area contributed by atoms with Gasteiger partial charge in [0.05, 0.1) is 11.9 Å². The van der Waals surface area contributed by atoms with Crippen LogP contribution in [0.15, 0.2) is 12.3 Å². The van der Waals surface area contributed by atoms with E-state index in [4.69, 9.17) is 4.74 Å². The number of pyridine rings is 1. The van der Waals surface area contributed by atoms with Gasteiger partial charge in [-0.25, -0.2) is 9.37 Å². The SMILES string of the molecule is CC(C)(C)OC(=O)CC1CCN(c2ncc(NC3CCC(=O)NC3=O)cc2F)CC1. The van der Waals surface area contributed by atoms with E-state index in [1.807, 2.05) is 25.7 Å². The third-order valence-corrected chi connectivity index (χ3v) is 5.19. The Bertz CT molecular complexity index is 816. The molecular weight excluding hydrogens is 391 g/mol. The van der Waals surface area contributed by atoms with Crippen molar-refractivity contribution >= 4 is 29.3 Å². The first-order valence-electron chi connectivity index (χ1n) is 10.3. The monoisotopic (exact) mass is 420 g/mol. The van der Waals surface area contributed by atoms with Gasteiger partial charge in [0.2, 0.25) is 11.8 Å². The molecule has 0 saturated carbocycles. The first-order chi connectivity index (χ1) is 14.1. The van der Waals surface area contributed by atoms with Gasteiger partial charge in [0.25, 0.3) is 0 Å². The van der Waals surface area contributed by atoms with E-state index in [2.05, 4.69) is 15.6 Å². The van der Waals surface area contributed by atoms with Gasteiger partial charge in [-0.3, -0.25) is 19.7 Å². The van der Waals surface area contributed by atoms with E-state index in [-0.39, 0.29) is 30.0 Å². The van der Waals surface area contributed by atoms with Gasteiger partial charge in [0.15, 0.2) is 11.6 Å². The number of hydrogen-bond donors (Lipinski definition) is 2. The molecule has 0 aromatic carbocycles. The number of nitrogens with one attached hydrogen (secondary N) is 2. The Morgan fingerprint density at radius 3 is 2.60 bits per heavy atom. The molecule has 1 unspecified atom stereocenters. The van der Waals surface area contributed by atoms with Gasteiger partial charge in [0, 0.05) is 32.0 Å². The lowest BCUT2D eigenvalue weighted by Crippen LogP contribution is -2.47. The van der Waals surface area contributed by atoms with E-state index in [0.717, 1.165) is 12.8 Å². The fourth-order valence-corrected chi connectivity index (χ4v) is 3.74. The predicted octanol–water partition coefficient (Wildman–Crippen LogP) is 2.39. The van der Waals surface area contributed by atoms with Crippen LogP contribution < -0.4 is 15.5 Å². The van der Waals surface area contributed by atoms with E-state index in [9.17, 15) is 18.8 Å². The molecule has 1 aromatic heterocycles. The standard InChI is InChI=1S/C21H29FN4O4/c1-21(2,3)30-18(28)10-13-6-8-26(9-7-13)19-15(22)11-14(12-23-19)24-16-4-5-17(27)25-20(16)29/h11-13,16,24H,4-10H2,1-3H3,(H,25,27,29). The maximum atomic E-state index is 14.7. The molecular formula is C21H29FN4O4. The molecule has 0 radical (unpaired) electrons. The van der Waals surface area contributed by atoms with Crippen molar-refractivity contribution in [3.8, 4) is 0 Å². The van der Waals surface area contributed by atoms with Crippen LogP contribution in [0.1, 0.15) is 52.9 Å². The summed E-state index contributed by atoms with van der Waals surface area (Å²) in [7, 11) is 0. The van der Waals surface area contributed by atoms with Crippen LogP contribution in [0, 0.1) is 11.7 Å². The zero-order chi connectivity index (χ0) is 21.9. The summed E-state index contributed by atoms with van der Waals surface area (Å²) in [6.45, 7) is 6.76. The van der Waals surface area contributed by atoms with Crippen LogP contribution in [-0.4, -0.2) is 47.5 Å². The predicted molar refractivity (Wildman–Crippen MR) is 109 cm³/mol. The van der Waals surface area contributed by atoms with Crippen molar-refractivity contribution in [2.75, 3.05) is 23.3 Å². The Morgan fingerprint density at radius 2 is 2.00 bits per heavy atom. The summed E-state index contributed by atoms with van der Waals surface area (Å²) in [5.41, 5.74) is -0.0976. The van der Waals surface area contributed by atoms with Gasteiger partial charge in [-0.2, -0.15) is 0 Å². The number of esters is 1. The smallest absolute Gasteiger partial charge is 0.306 e. The Balaban J connectivity index is 1.53. The first-order valence-corrected chi connectivity index (χ1v) is 10.3. The lowest BCUT2D eigenvalue weighted by atomic mass is 9.93. The Kier molecular flexibility index (Phi) is 6.58. The molecule has 2 fully saturated rings. The summed E-state index contributed by atoms with van der Waals surface area (Å²) >= 11 is 0. The van der Waals surface area contributed by atoms with Crippen LogP contribution in [0.5, 0.6) is 0 Å². The molecule has 0 bridgehead atoms. The van der Waals surface area contributed by atoms with Crippen LogP contribution >= 0.6 is 0 Å². The van der Waals surface area contributed by atoms with E-state index in [1.165, 1.54) is 12.3 Å². The lowest BCUT2D eigenvalue weighted by Gasteiger charge is -2.33. The third-order valence-electron chi connectivity index (χ3n) is 5.19. The zero-order valence-corrected chi connectivity index (χ0v) is 17.7. The van der Waals surface area contributed by atoms with Crippen molar-refractivity contribution in [1.29, 1.82) is 0 Å². The molecule has 9 heteroatoms. The van der Waals surface area contributed by atoms with Crippen molar-refractivity contribution in [2.45, 2.75) is 64.5 Å². The Labute approximate surface area is 175 Å². The number of ether oxygens (including phenoxy) is 1. The van der Waals surface area contributed by atoms with Crippen molar-refractivity contribution < 1.29 is 23.5 Å². The average molecular weight is 420 g/mol. The molecule has 164 valence electrons. The molecule has 30 heavy (non-hydrogen) atoms.